The van der Waals surface area contributed by atoms with Gasteiger partial charge in [-0.15, -0.1) is 0 Å². The molecule has 1 fully saturated rings. The molecule has 0 N–H and O–H groups in total. The maximum absolute atomic E-state index is 11.2. The summed E-state index contributed by atoms with van der Waals surface area (Å²) in [7, 11) is -2.76. The molecule has 4 heteroatoms. The van der Waals surface area contributed by atoms with Crippen molar-refractivity contribution in [3.63, 3.8) is 0 Å². The summed E-state index contributed by atoms with van der Waals surface area (Å²) in [6.45, 7) is 2.14. The number of rotatable bonds is 2. The first-order valence-corrected chi connectivity index (χ1v) is 6.86. The molecule has 0 saturated carbocycles. The Balaban J connectivity index is 1.93. The summed E-state index contributed by atoms with van der Waals surface area (Å²) in [6, 6.07) is 10.8. The van der Waals surface area contributed by atoms with Crippen LogP contribution in [0.2, 0.25) is 0 Å². The fraction of sp³-hybridized carbons (Fsp3) is 0.455. The second-order valence-corrected chi connectivity index (χ2v) is 6.14. The smallest absolute Gasteiger partial charge is 0.152 e. The van der Waals surface area contributed by atoms with E-state index in [0.717, 1.165) is 6.54 Å². The molecule has 15 heavy (non-hydrogen) atoms. The van der Waals surface area contributed by atoms with E-state index in [0.29, 0.717) is 24.6 Å². The lowest BCUT2D eigenvalue weighted by molar-refractivity contribution is 0.287. The van der Waals surface area contributed by atoms with Crippen molar-refractivity contribution >= 4 is 9.84 Å². The number of hydrogen-bond acceptors (Lipinski definition) is 3. The first kappa shape index (κ1) is 10.6. The minimum atomic E-state index is -2.76. The van der Waals surface area contributed by atoms with Crippen molar-refractivity contribution in [3.05, 3.63) is 35.9 Å². The third-order valence-corrected chi connectivity index (χ3v) is 4.24. The summed E-state index contributed by atoms with van der Waals surface area (Å²) in [6.07, 6.45) is 0. The lowest BCUT2D eigenvalue weighted by Gasteiger charge is -2.26. The molecule has 0 unspecified atom stereocenters. The van der Waals surface area contributed by atoms with Crippen molar-refractivity contribution in [1.82, 2.24) is 4.90 Å². The van der Waals surface area contributed by atoms with E-state index in [9.17, 15) is 8.42 Å². The molecule has 1 heterocycles. The molecule has 0 amide bonds. The fourth-order valence-corrected chi connectivity index (χ4v) is 2.97. The van der Waals surface area contributed by atoms with Crippen molar-refractivity contribution in [2.75, 3.05) is 24.6 Å². The Hall–Kier alpha value is -0.870. The van der Waals surface area contributed by atoms with E-state index in [1.807, 2.05) is 24.3 Å². The molecule has 0 aliphatic carbocycles. The van der Waals surface area contributed by atoms with Crippen molar-refractivity contribution < 1.29 is 8.42 Å². The van der Waals surface area contributed by atoms with E-state index < -0.39 is 9.84 Å². The van der Waals surface area contributed by atoms with Gasteiger partial charge in [-0.3, -0.25) is 4.90 Å². The Kier molecular flexibility index (Phi) is 3.07. The lowest BCUT2D eigenvalue weighted by atomic mass is 10.2. The molecule has 0 aromatic heterocycles. The van der Waals surface area contributed by atoms with Crippen LogP contribution in [0.1, 0.15) is 5.56 Å². The Morgan fingerprint density at radius 1 is 1.20 bits per heavy atom. The van der Waals surface area contributed by atoms with Crippen LogP contribution in [-0.4, -0.2) is 37.9 Å². The summed E-state index contributed by atoms with van der Waals surface area (Å²) in [5.74, 6) is 0.595. The molecule has 1 aliphatic rings. The highest BCUT2D eigenvalue weighted by molar-refractivity contribution is 7.91. The highest BCUT2D eigenvalue weighted by Gasteiger charge is 2.21. The second-order valence-electron chi connectivity index (χ2n) is 3.84. The molecular weight excluding hydrogens is 210 g/mol. The van der Waals surface area contributed by atoms with Crippen LogP contribution in [0.15, 0.2) is 24.3 Å². The molecule has 0 spiro atoms. The van der Waals surface area contributed by atoms with Gasteiger partial charge in [0.15, 0.2) is 9.84 Å². The van der Waals surface area contributed by atoms with Gasteiger partial charge in [-0.05, 0) is 11.6 Å². The van der Waals surface area contributed by atoms with Gasteiger partial charge in [-0.25, -0.2) is 8.42 Å². The molecule has 3 nitrogen and oxygen atoms in total. The molecule has 1 radical (unpaired) electrons. The van der Waals surface area contributed by atoms with Gasteiger partial charge in [0.1, 0.15) is 0 Å². The molecule has 1 aromatic rings. The van der Waals surface area contributed by atoms with E-state index >= 15 is 0 Å². The van der Waals surface area contributed by atoms with Gasteiger partial charge in [0.2, 0.25) is 0 Å². The summed E-state index contributed by atoms with van der Waals surface area (Å²) in [5, 5.41) is 0. The molecule has 1 saturated heterocycles. The molecule has 2 rings (SSSR count). The Morgan fingerprint density at radius 3 is 2.40 bits per heavy atom. The van der Waals surface area contributed by atoms with Crippen LogP contribution in [0.4, 0.5) is 0 Å². The van der Waals surface area contributed by atoms with Gasteiger partial charge >= 0.3 is 0 Å². The van der Waals surface area contributed by atoms with Gasteiger partial charge in [0.05, 0.1) is 11.5 Å². The maximum Gasteiger partial charge on any atom is 0.152 e. The van der Waals surface area contributed by atoms with Crippen molar-refractivity contribution in [2.45, 2.75) is 6.54 Å². The van der Waals surface area contributed by atoms with Crippen LogP contribution >= 0.6 is 0 Å². The Morgan fingerprint density at radius 2 is 1.80 bits per heavy atom. The molecule has 1 aliphatic heterocycles. The van der Waals surface area contributed by atoms with Crippen LogP contribution in [0.3, 0.4) is 0 Å². The van der Waals surface area contributed by atoms with E-state index in [1.165, 1.54) is 5.56 Å². The predicted molar refractivity (Wildman–Crippen MR) is 59.2 cm³/mol. The van der Waals surface area contributed by atoms with E-state index in [1.54, 1.807) is 0 Å². The molecule has 81 valence electrons. The summed E-state index contributed by atoms with van der Waals surface area (Å²) in [5.41, 5.74) is 1.22. The van der Waals surface area contributed by atoms with E-state index in [4.69, 9.17) is 0 Å². The number of nitrogens with zero attached hydrogens (tertiary/aromatic N) is 1. The van der Waals surface area contributed by atoms with Gasteiger partial charge in [0, 0.05) is 19.6 Å². The summed E-state index contributed by atoms with van der Waals surface area (Å²) in [4.78, 5) is 2.18. The molecule has 0 atom stereocenters. The summed E-state index contributed by atoms with van der Waals surface area (Å²) >= 11 is 0. The molecule has 0 bridgehead atoms. The zero-order chi connectivity index (χ0) is 10.7. The van der Waals surface area contributed by atoms with Crippen molar-refractivity contribution in [1.29, 1.82) is 0 Å². The Bertz CT molecular complexity index is 399. The lowest BCUT2D eigenvalue weighted by Crippen LogP contribution is -2.39. The minimum absolute atomic E-state index is 0.298. The zero-order valence-corrected chi connectivity index (χ0v) is 9.33. The van der Waals surface area contributed by atoms with Gasteiger partial charge in [-0.2, -0.15) is 0 Å². The third kappa shape index (κ3) is 3.04. The zero-order valence-electron chi connectivity index (χ0n) is 8.52. The Labute approximate surface area is 90.6 Å². The molecular formula is C11H14NO2S. The highest BCUT2D eigenvalue weighted by Crippen LogP contribution is 2.08. The average molecular weight is 224 g/mol. The van der Waals surface area contributed by atoms with Gasteiger partial charge in [-0.1, -0.05) is 24.3 Å². The first-order valence-electron chi connectivity index (χ1n) is 5.03. The third-order valence-electron chi connectivity index (χ3n) is 2.63. The maximum atomic E-state index is 11.2. The topological polar surface area (TPSA) is 37.4 Å². The first-order chi connectivity index (χ1) is 7.16. The van der Waals surface area contributed by atoms with E-state index in [2.05, 4.69) is 11.0 Å². The second kappa shape index (κ2) is 4.33. The number of sulfone groups is 1. The SMILES string of the molecule is O=S1(=O)CCN(Cc2cc[c]cc2)CC1. The monoisotopic (exact) mass is 224 g/mol. The standard InChI is InChI=1S/C11H14NO2S/c13-15(14)8-6-12(7-9-15)10-11-4-2-1-3-5-11/h2-5H,6-10H2. The number of hydrogen-bond donors (Lipinski definition) is 0. The van der Waals surface area contributed by atoms with Crippen molar-refractivity contribution in [2.24, 2.45) is 0 Å². The van der Waals surface area contributed by atoms with Gasteiger partial charge in [0.25, 0.3) is 0 Å². The largest absolute Gasteiger partial charge is 0.297 e. The van der Waals surface area contributed by atoms with Crippen molar-refractivity contribution in [3.8, 4) is 0 Å². The van der Waals surface area contributed by atoms with E-state index in [-0.39, 0.29) is 0 Å². The summed E-state index contributed by atoms with van der Waals surface area (Å²) < 4.78 is 22.4. The normalized spacial score (nSPS) is 21.3. The van der Waals surface area contributed by atoms with Crippen LogP contribution in [0.5, 0.6) is 0 Å². The average Bonchev–Trinajstić information content (AvgIpc) is 2.23. The van der Waals surface area contributed by atoms with Crippen LogP contribution in [0.25, 0.3) is 0 Å². The minimum Gasteiger partial charge on any atom is -0.297 e. The molecule has 1 aromatic carbocycles. The highest BCUT2D eigenvalue weighted by atomic mass is 32.2. The van der Waals surface area contributed by atoms with Crippen LogP contribution in [-0.2, 0) is 16.4 Å². The van der Waals surface area contributed by atoms with Crippen LogP contribution < -0.4 is 0 Å². The fourth-order valence-electron chi connectivity index (χ4n) is 1.69. The van der Waals surface area contributed by atoms with Crippen LogP contribution in [0, 0.1) is 6.07 Å². The van der Waals surface area contributed by atoms with Gasteiger partial charge < -0.3 is 0 Å². The predicted octanol–water partition coefficient (Wildman–Crippen LogP) is 0.717. The number of benzene rings is 1. The quantitative estimate of drug-likeness (QED) is 0.742.